The number of carbonyl (C=O) groups is 1. The first-order valence-corrected chi connectivity index (χ1v) is 12.4. The summed E-state index contributed by atoms with van der Waals surface area (Å²) in [5.41, 5.74) is 2.09. The van der Waals surface area contributed by atoms with Crippen molar-refractivity contribution in [3.8, 4) is 0 Å². The van der Waals surface area contributed by atoms with Crippen LogP contribution in [0.3, 0.4) is 0 Å². The highest BCUT2D eigenvalue weighted by molar-refractivity contribution is 8.01. The fraction of sp³-hybridized carbons (Fsp3) is 0.545. The van der Waals surface area contributed by atoms with Gasteiger partial charge in [0.25, 0.3) is 0 Å². The number of nitrogens with zero attached hydrogens (tertiary/aromatic N) is 2. The van der Waals surface area contributed by atoms with E-state index in [4.69, 9.17) is 0 Å². The Morgan fingerprint density at radius 3 is 2.57 bits per heavy atom. The Hall–Kier alpha value is -1.79. The Morgan fingerprint density at radius 1 is 1.21 bits per heavy atom. The minimum Gasteiger partial charge on any atom is -0.341 e. The fourth-order valence-electron chi connectivity index (χ4n) is 3.92. The molecule has 0 radical (unpaired) electrons. The number of pyridine rings is 1. The molecule has 0 spiro atoms. The third-order valence-electron chi connectivity index (χ3n) is 6.02. The Balaban J connectivity index is 1.58. The number of benzene rings is 1. The molecule has 0 bridgehead atoms. The van der Waals surface area contributed by atoms with Gasteiger partial charge < -0.3 is 4.90 Å². The number of thiol groups is 1. The minimum absolute atomic E-state index is 0.0615. The summed E-state index contributed by atoms with van der Waals surface area (Å²) in [6.07, 6.45) is 7.18. The Morgan fingerprint density at radius 2 is 1.89 bits per heavy atom. The molecule has 0 saturated heterocycles. The van der Waals surface area contributed by atoms with Crippen LogP contribution in [0.15, 0.2) is 36.5 Å². The maximum atomic E-state index is 13.0. The lowest BCUT2D eigenvalue weighted by atomic mass is 9.85. The number of amides is 1. The van der Waals surface area contributed by atoms with Crippen LogP contribution in [0.5, 0.6) is 0 Å². The molecular weight excluding hydrogens is 370 g/mol. The highest BCUT2D eigenvalue weighted by Gasteiger charge is 2.30. The molecule has 2 aromatic rings. The summed E-state index contributed by atoms with van der Waals surface area (Å²) in [4.78, 5) is 19.2. The number of fused-ring (bicyclic) bond motifs is 1. The molecular formula is C22H33N3O2S. The van der Waals surface area contributed by atoms with Crippen LogP contribution in [0.4, 0.5) is 0 Å². The second-order valence-corrected chi connectivity index (χ2v) is 11.7. The average molecular weight is 404 g/mol. The van der Waals surface area contributed by atoms with Gasteiger partial charge >= 0.3 is 0 Å². The molecule has 0 atom stereocenters. The average Bonchev–Trinajstić information content (AvgIpc) is 2.68. The van der Waals surface area contributed by atoms with Crippen molar-refractivity contribution in [3.63, 3.8) is 0 Å². The smallest absolute Gasteiger partial charge is 0.225 e. The van der Waals surface area contributed by atoms with Crippen LogP contribution < -0.4 is 4.72 Å². The Labute approximate surface area is 169 Å². The zero-order valence-electron chi connectivity index (χ0n) is 17.4. The van der Waals surface area contributed by atoms with E-state index in [0.29, 0.717) is 6.54 Å². The molecule has 1 saturated carbocycles. The van der Waals surface area contributed by atoms with Crippen LogP contribution in [-0.4, -0.2) is 44.6 Å². The lowest BCUT2D eigenvalue weighted by Gasteiger charge is -2.35. The van der Waals surface area contributed by atoms with Crippen molar-refractivity contribution in [1.29, 1.82) is 0 Å². The van der Waals surface area contributed by atoms with Gasteiger partial charge in [0.1, 0.15) is 0 Å². The lowest BCUT2D eigenvalue weighted by molar-refractivity contribution is -0.135. The third kappa shape index (κ3) is 4.78. The van der Waals surface area contributed by atoms with E-state index in [0.717, 1.165) is 42.1 Å². The van der Waals surface area contributed by atoms with Gasteiger partial charge in [0.2, 0.25) is 5.91 Å². The molecule has 6 heteroatoms. The quantitative estimate of drug-likeness (QED) is 0.728. The van der Waals surface area contributed by atoms with Crippen molar-refractivity contribution in [2.45, 2.75) is 57.4 Å². The van der Waals surface area contributed by atoms with Crippen LogP contribution in [0.2, 0.25) is 0 Å². The molecule has 1 aliphatic carbocycles. The Bertz CT molecular complexity index is 870. The van der Waals surface area contributed by atoms with Crippen LogP contribution in [0.25, 0.3) is 10.9 Å². The molecule has 1 amide bonds. The van der Waals surface area contributed by atoms with E-state index in [1.807, 2.05) is 62.5 Å². The number of para-hydroxylation sites is 1. The third-order valence-corrected chi connectivity index (χ3v) is 8.87. The first kappa shape index (κ1) is 20.9. The molecule has 1 aliphatic rings. The van der Waals surface area contributed by atoms with Gasteiger partial charge in [-0.1, -0.05) is 42.2 Å². The van der Waals surface area contributed by atoms with Crippen LogP contribution in [-0.2, 0) is 21.5 Å². The predicted octanol–water partition coefficient (Wildman–Crippen LogP) is 3.31. The first-order chi connectivity index (χ1) is 13.3. The molecule has 0 aliphatic heterocycles. The van der Waals surface area contributed by atoms with Crippen LogP contribution in [0, 0.1) is 5.92 Å². The zero-order chi connectivity index (χ0) is 20.3. The minimum atomic E-state index is -2.32. The summed E-state index contributed by atoms with van der Waals surface area (Å²) in [6, 6.07) is 10.3. The predicted molar refractivity (Wildman–Crippen MR) is 118 cm³/mol. The number of hydrogen-bond donors (Lipinski definition) is 2. The summed E-state index contributed by atoms with van der Waals surface area (Å²) in [7, 11) is -0.426. The second kappa shape index (κ2) is 8.70. The van der Waals surface area contributed by atoms with Gasteiger partial charge in [-0.2, -0.15) is 0 Å². The van der Waals surface area contributed by atoms with Crippen LogP contribution in [0.1, 0.15) is 45.1 Å². The van der Waals surface area contributed by atoms with Gasteiger partial charge in [-0.25, -0.2) is 0 Å². The molecule has 1 heterocycles. The standard InChI is InChI=1S/C22H33N3O2S/c1-16(2)28(4,27)24-19-11-9-17(10-12-19)22(26)25(3)15-18-13-14-23-21-8-6-5-7-20(18)21/h5-8,13-14,16-17,19,28H,9-12,15H2,1-4H3,(H,24,27). The largest absolute Gasteiger partial charge is 0.341 e. The van der Waals surface area contributed by atoms with Gasteiger partial charge in [0.05, 0.1) is 5.52 Å². The second-order valence-electron chi connectivity index (χ2n) is 8.44. The number of hydrogen-bond acceptors (Lipinski definition) is 3. The highest BCUT2D eigenvalue weighted by Crippen LogP contribution is 2.28. The van der Waals surface area contributed by atoms with Gasteiger partial charge in [0, 0.05) is 48.6 Å². The summed E-state index contributed by atoms with van der Waals surface area (Å²) in [5, 5.41) is 1.25. The first-order valence-electron chi connectivity index (χ1n) is 10.2. The van der Waals surface area contributed by atoms with E-state index in [1.165, 1.54) is 0 Å². The van der Waals surface area contributed by atoms with Crippen molar-refractivity contribution in [2.24, 2.45) is 5.92 Å². The van der Waals surface area contributed by atoms with Crippen molar-refractivity contribution in [3.05, 3.63) is 42.1 Å². The van der Waals surface area contributed by atoms with Gasteiger partial charge in [-0.3, -0.25) is 18.7 Å². The molecule has 1 N–H and O–H groups in total. The van der Waals surface area contributed by atoms with Crippen molar-refractivity contribution in [2.75, 3.05) is 13.3 Å². The Kier molecular flexibility index (Phi) is 6.50. The molecule has 1 fully saturated rings. The summed E-state index contributed by atoms with van der Waals surface area (Å²) in [5.74, 6) is 0.273. The van der Waals surface area contributed by atoms with Crippen molar-refractivity contribution in [1.82, 2.24) is 14.6 Å². The zero-order valence-corrected chi connectivity index (χ0v) is 18.3. The SMILES string of the molecule is CC(C)[SH](C)(=O)NC1CCC(C(=O)N(C)Cc2ccnc3ccccc23)CC1. The van der Waals surface area contributed by atoms with Crippen molar-refractivity contribution < 1.29 is 9.00 Å². The monoisotopic (exact) mass is 403 g/mol. The molecule has 1 aromatic heterocycles. The van der Waals surface area contributed by atoms with Crippen LogP contribution >= 0.6 is 0 Å². The van der Waals surface area contributed by atoms with E-state index in [1.54, 1.807) is 0 Å². The molecule has 154 valence electrons. The van der Waals surface area contributed by atoms with Crippen molar-refractivity contribution >= 4 is 26.9 Å². The number of carbonyl (C=O) groups excluding carboxylic acids is 1. The van der Waals surface area contributed by atoms with Gasteiger partial charge in [0.15, 0.2) is 0 Å². The molecule has 5 nitrogen and oxygen atoms in total. The fourth-order valence-corrected chi connectivity index (χ4v) is 5.20. The summed E-state index contributed by atoms with van der Waals surface area (Å²) in [6.45, 7) is 4.60. The lowest BCUT2D eigenvalue weighted by Crippen LogP contribution is -2.46. The van der Waals surface area contributed by atoms with E-state index in [-0.39, 0.29) is 23.1 Å². The molecule has 0 unspecified atom stereocenters. The van der Waals surface area contributed by atoms with E-state index >= 15 is 0 Å². The number of aromatic nitrogens is 1. The summed E-state index contributed by atoms with van der Waals surface area (Å²) < 4.78 is 16.0. The summed E-state index contributed by atoms with van der Waals surface area (Å²) >= 11 is 0. The van der Waals surface area contributed by atoms with E-state index in [9.17, 15) is 9.00 Å². The van der Waals surface area contributed by atoms with Gasteiger partial charge in [-0.15, -0.1) is 0 Å². The topological polar surface area (TPSA) is 62.3 Å². The molecule has 1 aromatic carbocycles. The molecule has 3 rings (SSSR count). The highest BCUT2D eigenvalue weighted by atomic mass is 32.3. The number of rotatable bonds is 6. The maximum absolute atomic E-state index is 13.0. The molecule has 28 heavy (non-hydrogen) atoms. The van der Waals surface area contributed by atoms with E-state index in [2.05, 4.69) is 15.8 Å². The normalized spacial score (nSPS) is 21.0. The number of nitrogens with one attached hydrogen (secondary N) is 1. The van der Waals surface area contributed by atoms with E-state index < -0.39 is 10.1 Å². The van der Waals surface area contributed by atoms with Gasteiger partial charge in [-0.05, 0) is 43.4 Å². The maximum Gasteiger partial charge on any atom is 0.225 e.